The molecule has 0 atom stereocenters. The van der Waals surface area contributed by atoms with Gasteiger partial charge in [-0.15, -0.1) is 34.2 Å². The van der Waals surface area contributed by atoms with Crippen LogP contribution in [0.3, 0.4) is 0 Å². The zero-order valence-corrected chi connectivity index (χ0v) is 20.2. The van der Waals surface area contributed by atoms with Gasteiger partial charge < -0.3 is 19.5 Å². The van der Waals surface area contributed by atoms with Gasteiger partial charge in [0.2, 0.25) is 0 Å². The van der Waals surface area contributed by atoms with E-state index in [2.05, 4.69) is 36.3 Å². The minimum absolute atomic E-state index is 0. The zero-order chi connectivity index (χ0) is 20.5. The second-order valence-electron chi connectivity index (χ2n) is 7.10. The van der Waals surface area contributed by atoms with E-state index >= 15 is 0 Å². The van der Waals surface area contributed by atoms with E-state index < -0.39 is 0 Å². The minimum Gasteiger partial charge on any atom is -0.494 e. The summed E-state index contributed by atoms with van der Waals surface area (Å²) in [5.41, 5.74) is 0.854. The molecular formula is C20H32FIN6O. The van der Waals surface area contributed by atoms with Gasteiger partial charge in [0.15, 0.2) is 17.5 Å². The monoisotopic (exact) mass is 518 g/mol. The molecular weight excluding hydrogens is 486 g/mol. The molecule has 0 aliphatic rings. The van der Waals surface area contributed by atoms with E-state index in [1.54, 1.807) is 12.4 Å². The molecule has 0 radical (unpaired) electrons. The molecule has 0 saturated carbocycles. The molecule has 0 aliphatic heterocycles. The Morgan fingerprint density at radius 1 is 1.38 bits per heavy atom. The van der Waals surface area contributed by atoms with E-state index in [9.17, 15) is 4.39 Å². The minimum atomic E-state index is -0.360. The van der Waals surface area contributed by atoms with Gasteiger partial charge in [0.1, 0.15) is 12.2 Å². The quantitative estimate of drug-likeness (QED) is 0.314. The van der Waals surface area contributed by atoms with Gasteiger partial charge in [0, 0.05) is 39.6 Å². The summed E-state index contributed by atoms with van der Waals surface area (Å²) >= 11 is 0. The highest BCUT2D eigenvalue weighted by atomic mass is 127. The number of aliphatic imine (C=N–C) groups is 1. The van der Waals surface area contributed by atoms with Gasteiger partial charge in [-0.25, -0.2) is 4.39 Å². The summed E-state index contributed by atoms with van der Waals surface area (Å²) < 4.78 is 21.0. The number of ether oxygens (including phenoxy) is 1. The van der Waals surface area contributed by atoms with Crippen molar-refractivity contribution in [1.29, 1.82) is 0 Å². The van der Waals surface area contributed by atoms with Crippen LogP contribution in [0, 0.1) is 11.7 Å². The maximum absolute atomic E-state index is 14.0. The van der Waals surface area contributed by atoms with Crippen molar-refractivity contribution in [2.75, 3.05) is 27.2 Å². The molecule has 0 bridgehead atoms. The largest absolute Gasteiger partial charge is 0.494 e. The third-order valence-electron chi connectivity index (χ3n) is 4.25. The second-order valence-corrected chi connectivity index (χ2v) is 7.10. The standard InChI is InChI=1S/C20H31FN6O.HI/c1-6-19-25-24-14-27(19)10-9-22-20(23-12-15(2)3)26(4)13-16-7-8-18(28-5)17(21)11-16;/h7-8,11,14-15H,6,9-10,12-13H2,1-5H3,(H,22,23);1H. The first-order chi connectivity index (χ1) is 13.4. The number of guanidine groups is 1. The number of methoxy groups -OCH3 is 1. The predicted octanol–water partition coefficient (Wildman–Crippen LogP) is 3.34. The van der Waals surface area contributed by atoms with Gasteiger partial charge in [-0.1, -0.05) is 26.8 Å². The van der Waals surface area contributed by atoms with Crippen molar-refractivity contribution in [2.24, 2.45) is 10.9 Å². The molecule has 0 unspecified atom stereocenters. The molecule has 1 aromatic heterocycles. The summed E-state index contributed by atoms with van der Waals surface area (Å²) in [4.78, 5) is 6.71. The first kappa shape index (κ1) is 25.1. The van der Waals surface area contributed by atoms with Crippen molar-refractivity contribution in [3.8, 4) is 5.75 Å². The molecule has 0 spiro atoms. The van der Waals surface area contributed by atoms with Crippen molar-refractivity contribution < 1.29 is 9.13 Å². The van der Waals surface area contributed by atoms with Crippen LogP contribution in [0.1, 0.15) is 32.2 Å². The Morgan fingerprint density at radius 2 is 2.14 bits per heavy atom. The van der Waals surface area contributed by atoms with Crippen LogP contribution in [0.5, 0.6) is 5.75 Å². The second kappa shape index (κ2) is 12.6. The first-order valence-corrected chi connectivity index (χ1v) is 9.63. The van der Waals surface area contributed by atoms with E-state index in [0.29, 0.717) is 19.0 Å². The SMILES string of the molecule is CCc1nncn1CCNC(=NCC(C)C)N(C)Cc1ccc(OC)c(F)c1.I. The van der Waals surface area contributed by atoms with Crippen molar-refractivity contribution in [3.63, 3.8) is 0 Å². The molecule has 0 aliphatic carbocycles. The third-order valence-corrected chi connectivity index (χ3v) is 4.25. The number of benzene rings is 1. The molecule has 0 amide bonds. The molecule has 9 heteroatoms. The van der Waals surface area contributed by atoms with Crippen molar-refractivity contribution >= 4 is 29.9 Å². The summed E-state index contributed by atoms with van der Waals surface area (Å²) in [5, 5.41) is 11.5. The lowest BCUT2D eigenvalue weighted by Gasteiger charge is -2.23. The van der Waals surface area contributed by atoms with Gasteiger partial charge >= 0.3 is 0 Å². The summed E-state index contributed by atoms with van der Waals surface area (Å²) in [6.45, 7) is 9.03. The van der Waals surface area contributed by atoms with Crippen LogP contribution in [0.25, 0.3) is 0 Å². The van der Waals surface area contributed by atoms with E-state index in [4.69, 9.17) is 9.73 Å². The van der Waals surface area contributed by atoms with Gasteiger partial charge in [-0.2, -0.15) is 0 Å². The van der Waals surface area contributed by atoms with Gasteiger partial charge in [0.05, 0.1) is 7.11 Å². The fourth-order valence-corrected chi connectivity index (χ4v) is 2.77. The van der Waals surface area contributed by atoms with Crippen molar-refractivity contribution in [3.05, 3.63) is 41.7 Å². The van der Waals surface area contributed by atoms with Gasteiger partial charge in [-0.3, -0.25) is 4.99 Å². The summed E-state index contributed by atoms with van der Waals surface area (Å²) in [6, 6.07) is 5.01. The highest BCUT2D eigenvalue weighted by Gasteiger charge is 2.11. The fraction of sp³-hybridized carbons (Fsp3) is 0.550. The van der Waals surface area contributed by atoms with Crippen LogP contribution in [-0.2, 0) is 19.5 Å². The summed E-state index contributed by atoms with van der Waals surface area (Å²) in [6.07, 6.45) is 2.59. The number of nitrogens with zero attached hydrogens (tertiary/aromatic N) is 5. The van der Waals surface area contributed by atoms with E-state index in [1.807, 2.05) is 22.6 Å². The smallest absolute Gasteiger partial charge is 0.194 e. The number of nitrogens with one attached hydrogen (secondary N) is 1. The third kappa shape index (κ3) is 7.79. The Bertz CT molecular complexity index is 780. The summed E-state index contributed by atoms with van der Waals surface area (Å²) in [5.74, 6) is 2.09. The highest BCUT2D eigenvalue weighted by Crippen LogP contribution is 2.18. The molecule has 0 fully saturated rings. The maximum atomic E-state index is 14.0. The van der Waals surface area contributed by atoms with E-state index in [-0.39, 0.29) is 35.5 Å². The highest BCUT2D eigenvalue weighted by molar-refractivity contribution is 14.0. The normalized spacial score (nSPS) is 11.3. The Labute approximate surface area is 189 Å². The zero-order valence-electron chi connectivity index (χ0n) is 17.9. The lowest BCUT2D eigenvalue weighted by Crippen LogP contribution is -2.40. The topological polar surface area (TPSA) is 67.6 Å². The Balaban J connectivity index is 0.00000420. The number of rotatable bonds is 9. The van der Waals surface area contributed by atoms with Crippen LogP contribution in [0.4, 0.5) is 4.39 Å². The Kier molecular flexibility index (Phi) is 10.9. The number of halogens is 2. The molecule has 162 valence electrons. The average Bonchev–Trinajstić information content (AvgIpc) is 3.11. The molecule has 7 nitrogen and oxygen atoms in total. The Morgan fingerprint density at radius 3 is 2.76 bits per heavy atom. The van der Waals surface area contributed by atoms with Gasteiger partial charge in [0.25, 0.3) is 0 Å². The van der Waals surface area contributed by atoms with Crippen LogP contribution in [0.2, 0.25) is 0 Å². The molecule has 1 heterocycles. The van der Waals surface area contributed by atoms with Crippen LogP contribution in [-0.4, -0.2) is 52.9 Å². The van der Waals surface area contributed by atoms with E-state index in [0.717, 1.165) is 36.9 Å². The molecule has 0 saturated heterocycles. The number of aromatic nitrogens is 3. The molecule has 1 N–H and O–H groups in total. The van der Waals surface area contributed by atoms with Crippen molar-refractivity contribution in [1.82, 2.24) is 25.0 Å². The average molecular weight is 518 g/mol. The molecule has 2 rings (SSSR count). The van der Waals surface area contributed by atoms with Crippen molar-refractivity contribution in [2.45, 2.75) is 40.3 Å². The number of aryl methyl sites for hydroxylation is 1. The predicted molar refractivity (Wildman–Crippen MR) is 124 cm³/mol. The van der Waals surface area contributed by atoms with Crippen LogP contribution < -0.4 is 10.1 Å². The number of hydrogen-bond donors (Lipinski definition) is 1. The van der Waals surface area contributed by atoms with Gasteiger partial charge in [-0.05, 0) is 23.6 Å². The molecule has 29 heavy (non-hydrogen) atoms. The first-order valence-electron chi connectivity index (χ1n) is 9.63. The van der Waals surface area contributed by atoms with Crippen LogP contribution in [0.15, 0.2) is 29.5 Å². The molecule has 1 aromatic carbocycles. The lowest BCUT2D eigenvalue weighted by molar-refractivity contribution is 0.385. The lowest BCUT2D eigenvalue weighted by atomic mass is 10.2. The maximum Gasteiger partial charge on any atom is 0.194 e. The summed E-state index contributed by atoms with van der Waals surface area (Å²) in [7, 11) is 3.41. The van der Waals surface area contributed by atoms with E-state index in [1.165, 1.54) is 13.2 Å². The number of hydrogen-bond acceptors (Lipinski definition) is 4. The van der Waals surface area contributed by atoms with Crippen LogP contribution >= 0.6 is 24.0 Å². The Hall–Kier alpha value is -1.91. The molecule has 2 aromatic rings. The fourth-order valence-electron chi connectivity index (χ4n) is 2.77.